The summed E-state index contributed by atoms with van der Waals surface area (Å²) in [6.07, 6.45) is 6.84. The zero-order chi connectivity index (χ0) is 13.4. The molecule has 0 aromatic carbocycles. The largest absolute Gasteiger partial charge is 0.365 e. The summed E-state index contributed by atoms with van der Waals surface area (Å²) in [4.78, 5) is 13.6. The highest BCUT2D eigenvalue weighted by Gasteiger charge is 2.23. The number of nitriles is 1. The monoisotopic (exact) mass is 252 g/mol. The van der Waals surface area contributed by atoms with Crippen LogP contribution in [0.5, 0.6) is 0 Å². The topological polar surface area (TPSA) is 53.3 Å². The number of rotatable bonds is 5. The van der Waals surface area contributed by atoms with Gasteiger partial charge in [-0.25, -0.2) is 0 Å². The summed E-state index contributed by atoms with van der Waals surface area (Å²) in [5.74, 6) is -0.0664. The van der Waals surface area contributed by atoms with Crippen LogP contribution in [0, 0.1) is 11.3 Å². The van der Waals surface area contributed by atoms with Gasteiger partial charge in [0.15, 0.2) is 0 Å². The number of nitrogens with zero attached hydrogens (tertiary/aromatic N) is 2. The maximum atomic E-state index is 12.1. The zero-order valence-corrected chi connectivity index (χ0v) is 11.5. The second-order valence-electron chi connectivity index (χ2n) is 4.90. The van der Waals surface area contributed by atoms with E-state index in [1.807, 2.05) is 13.0 Å². The molecule has 0 N–H and O–H groups in total. The van der Waals surface area contributed by atoms with E-state index in [0.717, 1.165) is 12.8 Å². The lowest BCUT2D eigenvalue weighted by Gasteiger charge is -2.25. The maximum absolute atomic E-state index is 12.1. The van der Waals surface area contributed by atoms with Crippen LogP contribution in [-0.4, -0.2) is 36.1 Å². The first-order valence-electron chi connectivity index (χ1n) is 7.00. The van der Waals surface area contributed by atoms with Crippen LogP contribution in [0.25, 0.3) is 0 Å². The van der Waals surface area contributed by atoms with Crippen molar-refractivity contribution in [2.24, 2.45) is 0 Å². The van der Waals surface area contributed by atoms with Crippen molar-refractivity contribution < 1.29 is 9.53 Å². The van der Waals surface area contributed by atoms with Gasteiger partial charge in [-0.3, -0.25) is 4.79 Å². The molecule has 1 aliphatic carbocycles. The second-order valence-corrected chi connectivity index (χ2v) is 4.90. The molecule has 4 nitrogen and oxygen atoms in total. The summed E-state index contributed by atoms with van der Waals surface area (Å²) < 4.78 is 5.86. The van der Waals surface area contributed by atoms with Gasteiger partial charge in [0.2, 0.25) is 0 Å². The Labute approximate surface area is 110 Å². The molecule has 1 amide bonds. The highest BCUT2D eigenvalue weighted by molar-refractivity contribution is 5.80. The van der Waals surface area contributed by atoms with Gasteiger partial charge in [-0.1, -0.05) is 25.7 Å². The smallest absolute Gasteiger partial charge is 0.252 e. The molecule has 1 atom stereocenters. The Morgan fingerprint density at radius 2 is 2.00 bits per heavy atom. The first kappa shape index (κ1) is 15.0. The van der Waals surface area contributed by atoms with Crippen molar-refractivity contribution in [2.45, 2.75) is 64.6 Å². The molecule has 0 aliphatic heterocycles. The summed E-state index contributed by atoms with van der Waals surface area (Å²) in [5, 5.41) is 8.67. The van der Waals surface area contributed by atoms with Gasteiger partial charge in [0.05, 0.1) is 12.2 Å². The van der Waals surface area contributed by atoms with Crippen molar-refractivity contribution >= 4 is 5.91 Å². The van der Waals surface area contributed by atoms with E-state index < -0.39 is 6.10 Å². The van der Waals surface area contributed by atoms with Crippen molar-refractivity contribution in [3.05, 3.63) is 0 Å². The van der Waals surface area contributed by atoms with Gasteiger partial charge in [-0.2, -0.15) is 5.26 Å². The molecule has 0 saturated heterocycles. The molecule has 0 aromatic rings. The van der Waals surface area contributed by atoms with Gasteiger partial charge in [0, 0.05) is 6.54 Å². The third kappa shape index (κ3) is 4.66. The number of hydrogen-bond acceptors (Lipinski definition) is 3. The van der Waals surface area contributed by atoms with Crippen molar-refractivity contribution in [2.75, 3.05) is 13.1 Å². The van der Waals surface area contributed by atoms with Gasteiger partial charge in [-0.05, 0) is 26.7 Å². The van der Waals surface area contributed by atoms with E-state index in [4.69, 9.17) is 10.00 Å². The normalized spacial score (nSPS) is 18.7. The van der Waals surface area contributed by atoms with Crippen LogP contribution in [0.2, 0.25) is 0 Å². The fraction of sp³-hybridized carbons (Fsp3) is 0.857. The summed E-state index contributed by atoms with van der Waals surface area (Å²) in [6, 6.07) is 2.02. The Kier molecular flexibility index (Phi) is 6.74. The lowest BCUT2D eigenvalue weighted by molar-refractivity contribution is -0.145. The number of ether oxygens (including phenoxy) is 1. The van der Waals surface area contributed by atoms with Gasteiger partial charge >= 0.3 is 0 Å². The highest BCUT2D eigenvalue weighted by Crippen LogP contribution is 2.21. The Bertz CT molecular complexity index is 291. The molecule has 0 heterocycles. The average Bonchev–Trinajstić information content (AvgIpc) is 2.63. The van der Waals surface area contributed by atoms with Crippen LogP contribution in [0.15, 0.2) is 0 Å². The minimum absolute atomic E-state index is 0.0664. The number of carbonyl (C=O) groups is 1. The van der Waals surface area contributed by atoms with Crippen LogP contribution >= 0.6 is 0 Å². The Morgan fingerprint density at radius 3 is 2.50 bits per heavy atom. The van der Waals surface area contributed by atoms with Crippen LogP contribution in [0.3, 0.4) is 0 Å². The lowest BCUT2D eigenvalue weighted by atomic mass is 10.1. The molecule has 0 spiro atoms. The molecule has 1 rings (SSSR count). The fourth-order valence-electron chi connectivity index (χ4n) is 2.41. The molecule has 102 valence electrons. The minimum atomic E-state index is -0.429. The Hall–Kier alpha value is -1.08. The maximum Gasteiger partial charge on any atom is 0.252 e. The predicted octanol–water partition coefficient (Wildman–Crippen LogP) is 2.49. The average molecular weight is 252 g/mol. The Morgan fingerprint density at radius 1 is 1.39 bits per heavy atom. The highest BCUT2D eigenvalue weighted by atomic mass is 16.5. The van der Waals surface area contributed by atoms with Crippen LogP contribution in [0.1, 0.15) is 52.4 Å². The number of hydrogen-bond donors (Lipinski definition) is 0. The predicted molar refractivity (Wildman–Crippen MR) is 69.9 cm³/mol. The molecule has 1 aliphatic rings. The van der Waals surface area contributed by atoms with E-state index in [1.54, 1.807) is 11.8 Å². The summed E-state index contributed by atoms with van der Waals surface area (Å²) >= 11 is 0. The zero-order valence-electron chi connectivity index (χ0n) is 11.5. The number of amides is 1. The van der Waals surface area contributed by atoms with Gasteiger partial charge in [-0.15, -0.1) is 0 Å². The summed E-state index contributed by atoms with van der Waals surface area (Å²) in [5.41, 5.74) is 0. The van der Waals surface area contributed by atoms with Crippen LogP contribution in [-0.2, 0) is 9.53 Å². The van der Waals surface area contributed by atoms with Gasteiger partial charge in [0.25, 0.3) is 5.91 Å². The SMILES string of the molecule is CCN(CC#N)C(=O)[C@H](C)OC1CCCCCC1. The third-order valence-corrected chi connectivity index (χ3v) is 3.50. The first-order valence-corrected chi connectivity index (χ1v) is 7.00. The number of likely N-dealkylation sites (N-methyl/N-ethyl adjacent to an activating group) is 1. The van der Waals surface area contributed by atoms with E-state index in [1.165, 1.54) is 25.7 Å². The van der Waals surface area contributed by atoms with E-state index in [2.05, 4.69) is 0 Å². The van der Waals surface area contributed by atoms with Crippen molar-refractivity contribution in [3.63, 3.8) is 0 Å². The van der Waals surface area contributed by atoms with Crippen LogP contribution in [0.4, 0.5) is 0 Å². The second kappa shape index (κ2) is 8.10. The van der Waals surface area contributed by atoms with Crippen molar-refractivity contribution in [3.8, 4) is 6.07 Å². The van der Waals surface area contributed by atoms with E-state index in [0.29, 0.717) is 6.54 Å². The molecular formula is C14H24N2O2. The van der Waals surface area contributed by atoms with E-state index >= 15 is 0 Å². The van der Waals surface area contributed by atoms with Crippen molar-refractivity contribution in [1.82, 2.24) is 4.90 Å². The molecule has 18 heavy (non-hydrogen) atoms. The third-order valence-electron chi connectivity index (χ3n) is 3.50. The lowest BCUT2D eigenvalue weighted by Crippen LogP contribution is -2.40. The van der Waals surface area contributed by atoms with Crippen molar-refractivity contribution in [1.29, 1.82) is 5.26 Å². The fourth-order valence-corrected chi connectivity index (χ4v) is 2.41. The minimum Gasteiger partial charge on any atom is -0.365 e. The number of carbonyl (C=O) groups excluding carboxylic acids is 1. The molecule has 4 heteroatoms. The first-order chi connectivity index (χ1) is 8.69. The van der Waals surface area contributed by atoms with E-state index in [9.17, 15) is 4.79 Å². The molecule has 0 radical (unpaired) electrons. The molecule has 0 aromatic heterocycles. The Balaban J connectivity index is 2.44. The molecular weight excluding hydrogens is 228 g/mol. The van der Waals surface area contributed by atoms with E-state index in [-0.39, 0.29) is 18.6 Å². The van der Waals surface area contributed by atoms with Gasteiger partial charge in [0.1, 0.15) is 12.6 Å². The molecule has 0 bridgehead atoms. The summed E-state index contributed by atoms with van der Waals surface area (Å²) in [7, 11) is 0. The standard InChI is InChI=1S/C14H24N2O2/c1-3-16(11-10-15)14(17)12(2)18-13-8-6-4-5-7-9-13/h12-13H,3-9,11H2,1-2H3/t12-/m0/s1. The molecule has 1 fully saturated rings. The van der Waals surface area contributed by atoms with Gasteiger partial charge < -0.3 is 9.64 Å². The summed E-state index contributed by atoms with van der Waals surface area (Å²) in [6.45, 7) is 4.39. The molecule has 0 unspecified atom stereocenters. The quantitative estimate of drug-likeness (QED) is 0.558. The molecule has 1 saturated carbocycles. The van der Waals surface area contributed by atoms with Crippen LogP contribution < -0.4 is 0 Å².